The van der Waals surface area contributed by atoms with Gasteiger partial charge >= 0.3 is 11.9 Å². The molecule has 0 aliphatic carbocycles. The lowest BCUT2D eigenvalue weighted by molar-refractivity contribution is -0.171. The number of thiocarbonyl (C=S) groups is 2. The molecule has 310 valence electrons. The number of H-pyrrole nitrogens is 3. The molecule has 1 unspecified atom stereocenters. The summed E-state index contributed by atoms with van der Waals surface area (Å²) in [5.74, 6) is 8.77. The van der Waals surface area contributed by atoms with Gasteiger partial charge in [-0.15, -0.1) is 16.4 Å². The van der Waals surface area contributed by atoms with Gasteiger partial charge in [-0.3, -0.25) is 24.4 Å². The van der Waals surface area contributed by atoms with Crippen molar-refractivity contribution in [2.24, 2.45) is 0 Å². The van der Waals surface area contributed by atoms with E-state index in [4.69, 9.17) is 76.6 Å². The van der Waals surface area contributed by atoms with Crippen LogP contribution in [0.15, 0.2) is 52.0 Å². The zero-order chi connectivity index (χ0) is 43.4. The molecule has 5 rings (SSSR count). The third kappa shape index (κ3) is 18.5. The number of imidazole rings is 1. The van der Waals surface area contributed by atoms with Crippen LogP contribution in [0.3, 0.4) is 0 Å². The largest absolute Gasteiger partial charge is 0.480 e. The first-order valence-electron chi connectivity index (χ1n) is 16.0. The lowest BCUT2D eigenvalue weighted by Crippen LogP contribution is -2.17. The quantitative estimate of drug-likeness (QED) is 0.0128. The van der Waals surface area contributed by atoms with Gasteiger partial charge in [-0.1, -0.05) is 54.4 Å². The van der Waals surface area contributed by atoms with Crippen molar-refractivity contribution >= 4 is 157 Å². The maximum absolute atomic E-state index is 10.9. The molecular weight excluding hydrogens is 938 g/mol. The molecule has 2 aromatic carbocycles. The minimum absolute atomic E-state index is 0.154. The van der Waals surface area contributed by atoms with Crippen LogP contribution in [0.1, 0.15) is 18.1 Å². The number of nitrogens with one attached hydrogen (secondary N) is 5. The molecule has 0 spiro atoms. The van der Waals surface area contributed by atoms with Gasteiger partial charge in [0.25, 0.3) is 0 Å². The molecule has 0 amide bonds. The lowest BCUT2D eigenvalue weighted by Gasteiger charge is -2.09. The third-order valence-corrected chi connectivity index (χ3v) is 12.0. The summed E-state index contributed by atoms with van der Waals surface area (Å²) in [5.41, 5.74) is 4.60. The first kappa shape index (κ1) is 50.4. The molecule has 0 saturated heterocycles. The van der Waals surface area contributed by atoms with Crippen molar-refractivity contribution in [2.75, 3.05) is 25.6 Å². The van der Waals surface area contributed by atoms with Gasteiger partial charge in [-0.25, -0.2) is 16.5 Å². The summed E-state index contributed by atoms with van der Waals surface area (Å²) in [5, 5.41) is 45.4. The van der Waals surface area contributed by atoms with Crippen molar-refractivity contribution in [1.29, 1.82) is 0 Å². The second-order valence-corrected chi connectivity index (χ2v) is 20.6. The molecule has 1 atom stereocenters. The van der Waals surface area contributed by atoms with E-state index < -0.39 is 18.6 Å². The average molecular weight is 976 g/mol. The summed E-state index contributed by atoms with van der Waals surface area (Å²) in [7, 11) is 1.53. The molecule has 0 saturated carbocycles. The van der Waals surface area contributed by atoms with Crippen molar-refractivity contribution < 1.29 is 29.9 Å². The summed E-state index contributed by atoms with van der Waals surface area (Å²) in [4.78, 5) is 28.8. The monoisotopic (exact) mass is 975 g/mol. The second kappa shape index (κ2) is 26.4. The molecule has 58 heavy (non-hydrogen) atoms. The van der Waals surface area contributed by atoms with Crippen molar-refractivity contribution in [3.05, 3.63) is 67.1 Å². The molecular formula is C33H38N9O6PS9. The van der Waals surface area contributed by atoms with E-state index in [9.17, 15) is 9.59 Å². The Hall–Kier alpha value is -3.73. The first-order chi connectivity index (χ1) is 27.4. The van der Waals surface area contributed by atoms with Crippen LogP contribution in [-0.4, -0.2) is 109 Å². The number of thioether (sulfide) groups is 1. The smallest absolute Gasteiger partial charge is 0.349 e. The van der Waals surface area contributed by atoms with E-state index in [1.54, 1.807) is 18.3 Å². The highest BCUT2D eigenvalue weighted by atomic mass is 32.4. The van der Waals surface area contributed by atoms with Crippen molar-refractivity contribution in [3.63, 3.8) is 0 Å². The van der Waals surface area contributed by atoms with Crippen molar-refractivity contribution in [3.8, 4) is 17.7 Å². The minimum Gasteiger partial charge on any atom is -0.480 e. The molecule has 15 nitrogen and oxygen atoms in total. The number of nitrogens with zero attached hydrogens (tertiary/aromatic N) is 4. The molecule has 0 aliphatic rings. The highest BCUT2D eigenvalue weighted by Gasteiger charge is 2.11. The minimum atomic E-state index is -0.923. The van der Waals surface area contributed by atoms with Crippen LogP contribution in [0, 0.1) is 25.5 Å². The van der Waals surface area contributed by atoms with Gasteiger partial charge in [-0.05, 0) is 84.9 Å². The summed E-state index contributed by atoms with van der Waals surface area (Å²) in [6.45, 7) is 3.45. The Balaban J connectivity index is 0.000000295. The summed E-state index contributed by atoms with van der Waals surface area (Å²) >= 11 is 32.8. The predicted octanol–water partition coefficient (Wildman–Crippen LogP) is 6.47. The van der Waals surface area contributed by atoms with Crippen molar-refractivity contribution in [2.45, 2.75) is 35.9 Å². The molecule has 8 N–H and O–H groups in total. The second-order valence-electron chi connectivity index (χ2n) is 11.0. The molecule has 0 fully saturated rings. The fourth-order valence-electron chi connectivity index (χ4n) is 4.21. The zero-order valence-electron chi connectivity index (χ0n) is 31.0. The topological polar surface area (TPSA) is 211 Å². The van der Waals surface area contributed by atoms with E-state index >= 15 is 0 Å². The van der Waals surface area contributed by atoms with Crippen molar-refractivity contribution in [1.82, 2.24) is 45.1 Å². The van der Waals surface area contributed by atoms with E-state index in [0.717, 1.165) is 42.2 Å². The van der Waals surface area contributed by atoms with E-state index in [-0.39, 0.29) is 22.8 Å². The number of likely N-dealkylation sites (N-methyl/N-ethyl adjacent to an activating group) is 1. The summed E-state index contributed by atoms with van der Waals surface area (Å²) < 4.78 is 5.88. The molecule has 5 aromatic rings. The normalized spacial score (nSPS) is 10.3. The fraction of sp³-hybridized carbons (Fsp3) is 0.242. The first-order valence-corrected chi connectivity index (χ1v) is 24.4. The average Bonchev–Trinajstić information content (AvgIpc) is 3.85. The highest BCUT2D eigenvalue weighted by molar-refractivity contribution is 8.05. The van der Waals surface area contributed by atoms with Gasteiger partial charge in [0.05, 0.1) is 32.5 Å². The number of hydrogen-bond acceptors (Lipinski definition) is 15. The fourth-order valence-corrected chi connectivity index (χ4v) is 8.10. The van der Waals surface area contributed by atoms with Crippen LogP contribution >= 0.6 is 90.9 Å². The number of carbonyl (C=O) groups is 2. The Labute approximate surface area is 375 Å². The number of benzene rings is 2. The molecule has 3 aromatic heterocycles. The standard InChI is InChI=1S/C14H14N4O2S3.C12H13N3O2S2.C4H5N2S3.C3H5O2PS/c1-10(21)15-9-11-4-2-5-12(8-11)18-13(22)16-17-14(18)23-7-3-6-20-19;1-13-10(18)5-7-2-3-8-9(4-7)15(6-11(16)17)12(19)14-8;1-9(2)4-6-5-3(7)8-4;1-6(7)2-3(4)5/h2,4-5,8,19H,7,9H2,1H3,(H,15,21)(H,16,22);2-4H,5-6H2,1H3,(H,13,18)(H,14,19)(H,16,17);1-2H2,(H,5,7);2H2,1H3/q;;-1;/p+1. The SMILES string of the molecule is C=[S-](=C)c1n[nH]c(=S)s1.CC(=S)NCc1cccc(-n2c(SCC#COO)n[nH]c2=S)c1.CNC(=S)Cc1ccc2[nH]c(=S)n(CC(=O)O)c2c1.C[P+](=S)CC(=O)O. The van der Waals surface area contributed by atoms with Crippen LogP contribution in [0.4, 0.5) is 0 Å². The van der Waals surface area contributed by atoms with E-state index in [2.05, 4.69) is 76.5 Å². The van der Waals surface area contributed by atoms with Gasteiger partial charge in [0, 0.05) is 24.4 Å². The number of hydrogen-bond donors (Lipinski definition) is 8. The number of carboxylic acid groups (broad SMARTS) is 2. The maximum Gasteiger partial charge on any atom is 0.349 e. The number of fused-ring (bicyclic) bond motifs is 1. The Bertz CT molecular complexity index is 2540. The van der Waals surface area contributed by atoms with Crippen LogP contribution in [0.2, 0.25) is 0 Å². The molecule has 0 radical (unpaired) electrons. The Kier molecular flexibility index (Phi) is 22.9. The summed E-state index contributed by atoms with van der Waals surface area (Å²) in [6, 6.07) is 13.7. The Morgan fingerprint density at radius 2 is 1.79 bits per heavy atom. The maximum atomic E-state index is 10.9. The number of aromatic nitrogens is 7. The van der Waals surface area contributed by atoms with Gasteiger partial charge in [-0.2, -0.15) is 10.4 Å². The number of carboxylic acids is 2. The van der Waals surface area contributed by atoms with Crippen LogP contribution in [0.5, 0.6) is 0 Å². The summed E-state index contributed by atoms with van der Waals surface area (Å²) in [6.07, 6.45) is 2.89. The highest BCUT2D eigenvalue weighted by Crippen LogP contribution is 2.21. The van der Waals surface area contributed by atoms with E-state index in [0.29, 0.717) is 37.4 Å². The Morgan fingerprint density at radius 3 is 2.33 bits per heavy atom. The van der Waals surface area contributed by atoms with Gasteiger partial charge < -0.3 is 40.5 Å². The molecule has 25 heteroatoms. The van der Waals surface area contributed by atoms with E-state index in [1.807, 2.05) is 54.0 Å². The zero-order valence-corrected chi connectivity index (χ0v) is 39.2. The van der Waals surface area contributed by atoms with Crippen LogP contribution < -0.4 is 10.6 Å². The van der Waals surface area contributed by atoms with E-state index in [1.165, 1.54) is 23.1 Å². The van der Waals surface area contributed by atoms with Gasteiger partial charge in [0.1, 0.15) is 13.2 Å². The van der Waals surface area contributed by atoms with Gasteiger partial charge in [0.2, 0.25) is 10.9 Å². The molecule has 3 heterocycles. The Morgan fingerprint density at radius 1 is 1.07 bits per heavy atom. The number of rotatable bonds is 12. The molecule has 0 aliphatic heterocycles. The number of aliphatic carboxylic acids is 2. The molecule has 0 bridgehead atoms. The van der Waals surface area contributed by atoms with Gasteiger partial charge in [0.15, 0.2) is 38.5 Å². The predicted molar refractivity (Wildman–Crippen MR) is 256 cm³/mol. The lowest BCUT2D eigenvalue weighted by atomic mass is 10.1. The van der Waals surface area contributed by atoms with Crippen LogP contribution in [-0.2, 0) is 55.9 Å². The van der Waals surface area contributed by atoms with Crippen LogP contribution in [0.25, 0.3) is 16.7 Å². The number of aromatic amines is 3. The third-order valence-electron chi connectivity index (χ3n) is 6.54.